The van der Waals surface area contributed by atoms with Crippen LogP contribution in [0.2, 0.25) is 0 Å². The minimum atomic E-state index is -0.482. The molecule has 1 aliphatic rings. The van der Waals surface area contributed by atoms with Crippen molar-refractivity contribution in [2.24, 2.45) is 0 Å². The van der Waals surface area contributed by atoms with Gasteiger partial charge in [-0.3, -0.25) is 4.79 Å². The molecule has 2 heterocycles. The van der Waals surface area contributed by atoms with E-state index in [1.807, 2.05) is 24.3 Å². The van der Waals surface area contributed by atoms with E-state index < -0.39 is 6.04 Å². The summed E-state index contributed by atoms with van der Waals surface area (Å²) in [5.74, 6) is 1.37. The van der Waals surface area contributed by atoms with Crippen LogP contribution in [0.25, 0.3) is 0 Å². The Bertz CT molecular complexity index is 818. The smallest absolute Gasteiger partial charge is 0.328 e. The average Bonchev–Trinajstić information content (AvgIpc) is 3.23. The number of esters is 1. The lowest BCUT2D eigenvalue weighted by molar-refractivity contribution is -0.154. The normalized spacial score (nSPS) is 16.5. The summed E-state index contributed by atoms with van der Waals surface area (Å²) >= 11 is 0. The number of aromatic nitrogens is 2. The van der Waals surface area contributed by atoms with Gasteiger partial charge in [-0.15, -0.1) is 10.2 Å². The molecule has 1 atom stereocenters. The molecule has 0 unspecified atom stereocenters. The van der Waals surface area contributed by atoms with Gasteiger partial charge in [0.2, 0.25) is 17.7 Å². The molecule has 1 saturated heterocycles. The molecule has 1 aromatic heterocycles. The summed E-state index contributed by atoms with van der Waals surface area (Å²) in [6.07, 6.45) is 4.46. The van der Waals surface area contributed by atoms with Crippen LogP contribution in [0.1, 0.15) is 43.0 Å². The fourth-order valence-corrected chi connectivity index (χ4v) is 3.50. The second kappa shape index (κ2) is 10.0. The van der Waals surface area contributed by atoms with Crippen LogP contribution < -0.4 is 4.74 Å². The van der Waals surface area contributed by atoms with Gasteiger partial charge in [0.1, 0.15) is 11.8 Å². The third-order valence-corrected chi connectivity index (χ3v) is 5.14. The maximum atomic E-state index is 12.6. The van der Waals surface area contributed by atoms with Crippen molar-refractivity contribution < 1.29 is 23.5 Å². The van der Waals surface area contributed by atoms with Gasteiger partial charge in [-0.05, 0) is 43.4 Å². The van der Waals surface area contributed by atoms with Gasteiger partial charge in [0.25, 0.3) is 0 Å². The Labute approximate surface area is 170 Å². The monoisotopic (exact) mass is 401 g/mol. The summed E-state index contributed by atoms with van der Waals surface area (Å²) in [6, 6.07) is 7.37. The first-order chi connectivity index (χ1) is 14.1. The molecule has 8 nitrogen and oxygen atoms in total. The first-order valence-electron chi connectivity index (χ1n) is 9.92. The number of piperidine rings is 1. The number of ether oxygens (including phenoxy) is 2. The van der Waals surface area contributed by atoms with E-state index >= 15 is 0 Å². The first-order valence-corrected chi connectivity index (χ1v) is 9.92. The van der Waals surface area contributed by atoms with Gasteiger partial charge in [-0.1, -0.05) is 12.1 Å². The first kappa shape index (κ1) is 20.8. The van der Waals surface area contributed by atoms with Gasteiger partial charge in [-0.25, -0.2) is 4.79 Å². The van der Waals surface area contributed by atoms with E-state index in [9.17, 15) is 9.59 Å². The summed E-state index contributed by atoms with van der Waals surface area (Å²) in [6.45, 7) is 0.579. The Morgan fingerprint density at radius 3 is 2.48 bits per heavy atom. The van der Waals surface area contributed by atoms with Gasteiger partial charge >= 0.3 is 5.97 Å². The summed E-state index contributed by atoms with van der Waals surface area (Å²) in [4.78, 5) is 26.1. The highest BCUT2D eigenvalue weighted by molar-refractivity contribution is 5.84. The second-order valence-corrected chi connectivity index (χ2v) is 7.06. The predicted molar refractivity (Wildman–Crippen MR) is 104 cm³/mol. The van der Waals surface area contributed by atoms with E-state index in [-0.39, 0.29) is 18.3 Å². The van der Waals surface area contributed by atoms with Gasteiger partial charge in [0.05, 0.1) is 14.2 Å². The molecule has 0 radical (unpaired) electrons. The molecule has 3 rings (SSSR count). The van der Waals surface area contributed by atoms with Crippen LogP contribution >= 0.6 is 0 Å². The Morgan fingerprint density at radius 1 is 1.07 bits per heavy atom. The number of nitrogens with zero attached hydrogens (tertiary/aromatic N) is 3. The minimum Gasteiger partial charge on any atom is -0.497 e. The molecule has 1 amide bonds. The van der Waals surface area contributed by atoms with Crippen molar-refractivity contribution in [1.82, 2.24) is 15.1 Å². The van der Waals surface area contributed by atoms with Crippen molar-refractivity contribution in [2.45, 2.75) is 51.0 Å². The molecular formula is C21H27N3O5. The van der Waals surface area contributed by atoms with Crippen molar-refractivity contribution in [3.63, 3.8) is 0 Å². The standard InChI is InChI=1S/C21H27N3O5/c1-27-16-9-6-15(7-10-16)8-11-18-22-23-19(29-18)12-13-20(25)24-14-4-3-5-17(24)21(26)28-2/h6-7,9-10,17H,3-5,8,11-14H2,1-2H3/t17-/m0/s1. The second-order valence-electron chi connectivity index (χ2n) is 7.06. The molecule has 0 spiro atoms. The van der Waals surface area contributed by atoms with E-state index in [4.69, 9.17) is 13.9 Å². The van der Waals surface area contributed by atoms with Crippen molar-refractivity contribution in [1.29, 1.82) is 0 Å². The third kappa shape index (κ3) is 5.56. The van der Waals surface area contributed by atoms with Crippen LogP contribution in [0.3, 0.4) is 0 Å². The lowest BCUT2D eigenvalue weighted by Crippen LogP contribution is -2.48. The Balaban J connectivity index is 1.49. The predicted octanol–water partition coefficient (Wildman–Crippen LogP) is 2.35. The molecule has 1 fully saturated rings. The number of carbonyl (C=O) groups excluding carboxylic acids is 2. The van der Waals surface area contributed by atoms with E-state index in [0.29, 0.717) is 37.6 Å². The quantitative estimate of drug-likeness (QED) is 0.627. The van der Waals surface area contributed by atoms with Crippen LogP contribution in [0, 0.1) is 0 Å². The summed E-state index contributed by atoms with van der Waals surface area (Å²) in [7, 11) is 2.99. The molecule has 0 aliphatic carbocycles. The zero-order valence-corrected chi connectivity index (χ0v) is 16.9. The molecule has 8 heteroatoms. The molecule has 2 aromatic rings. The summed E-state index contributed by atoms with van der Waals surface area (Å²) < 4.78 is 15.7. The summed E-state index contributed by atoms with van der Waals surface area (Å²) in [5.41, 5.74) is 1.15. The van der Waals surface area contributed by atoms with Crippen LogP contribution in [-0.4, -0.2) is 53.8 Å². The average molecular weight is 401 g/mol. The number of aryl methyl sites for hydroxylation is 3. The van der Waals surface area contributed by atoms with Crippen molar-refractivity contribution >= 4 is 11.9 Å². The number of hydrogen-bond donors (Lipinski definition) is 0. The number of carbonyl (C=O) groups is 2. The van der Waals surface area contributed by atoms with Gasteiger partial charge < -0.3 is 18.8 Å². The zero-order valence-electron chi connectivity index (χ0n) is 16.9. The maximum Gasteiger partial charge on any atom is 0.328 e. The number of amides is 1. The molecule has 156 valence electrons. The van der Waals surface area contributed by atoms with Crippen molar-refractivity contribution in [2.75, 3.05) is 20.8 Å². The number of hydrogen-bond acceptors (Lipinski definition) is 7. The molecule has 1 aliphatic heterocycles. The van der Waals surface area contributed by atoms with Gasteiger partial charge in [0.15, 0.2) is 0 Å². The zero-order chi connectivity index (χ0) is 20.6. The number of benzene rings is 1. The largest absolute Gasteiger partial charge is 0.497 e. The molecular weight excluding hydrogens is 374 g/mol. The highest BCUT2D eigenvalue weighted by Gasteiger charge is 2.32. The number of likely N-dealkylation sites (tertiary alicyclic amines) is 1. The minimum absolute atomic E-state index is 0.0851. The van der Waals surface area contributed by atoms with Crippen molar-refractivity contribution in [3.05, 3.63) is 41.6 Å². The van der Waals surface area contributed by atoms with Gasteiger partial charge in [0, 0.05) is 25.8 Å². The van der Waals surface area contributed by atoms with Gasteiger partial charge in [-0.2, -0.15) is 0 Å². The SMILES string of the molecule is COC(=O)[C@@H]1CCCCN1C(=O)CCc1nnc(CCc2ccc(OC)cc2)o1. The highest BCUT2D eigenvalue weighted by Crippen LogP contribution is 2.20. The van der Waals surface area contributed by atoms with Crippen LogP contribution in [-0.2, 0) is 33.6 Å². The van der Waals surface area contributed by atoms with E-state index in [1.165, 1.54) is 7.11 Å². The topological polar surface area (TPSA) is 94.8 Å². The van der Waals surface area contributed by atoms with E-state index in [0.717, 1.165) is 30.6 Å². The van der Waals surface area contributed by atoms with Crippen LogP contribution in [0.4, 0.5) is 0 Å². The molecule has 0 N–H and O–H groups in total. The Kier molecular flexibility index (Phi) is 7.21. The molecule has 0 bridgehead atoms. The molecule has 1 aromatic carbocycles. The fourth-order valence-electron chi connectivity index (χ4n) is 3.50. The highest BCUT2D eigenvalue weighted by atomic mass is 16.5. The van der Waals surface area contributed by atoms with E-state index in [1.54, 1.807) is 12.0 Å². The Hall–Kier alpha value is -2.90. The lowest BCUT2D eigenvalue weighted by atomic mass is 10.0. The Morgan fingerprint density at radius 2 is 1.79 bits per heavy atom. The van der Waals surface area contributed by atoms with Crippen LogP contribution in [0.5, 0.6) is 5.75 Å². The maximum absolute atomic E-state index is 12.6. The molecule has 0 saturated carbocycles. The van der Waals surface area contributed by atoms with E-state index in [2.05, 4.69) is 10.2 Å². The fraction of sp³-hybridized carbons (Fsp3) is 0.524. The summed E-state index contributed by atoms with van der Waals surface area (Å²) in [5, 5.41) is 8.12. The number of methoxy groups -OCH3 is 2. The molecule has 29 heavy (non-hydrogen) atoms. The lowest BCUT2D eigenvalue weighted by Gasteiger charge is -2.33. The van der Waals surface area contributed by atoms with Crippen LogP contribution in [0.15, 0.2) is 28.7 Å². The third-order valence-electron chi connectivity index (χ3n) is 5.14. The number of rotatable bonds is 8. The van der Waals surface area contributed by atoms with Crippen molar-refractivity contribution in [3.8, 4) is 5.75 Å².